The molecule has 0 aliphatic carbocycles. The number of aromatic nitrogens is 2. The van der Waals surface area contributed by atoms with Crippen molar-refractivity contribution in [2.75, 3.05) is 31.7 Å². The van der Waals surface area contributed by atoms with Crippen molar-refractivity contribution in [1.29, 1.82) is 0 Å². The number of oxime groups is 1. The maximum absolute atomic E-state index is 5.88. The summed E-state index contributed by atoms with van der Waals surface area (Å²) in [5.41, 5.74) is 0.973. The summed E-state index contributed by atoms with van der Waals surface area (Å²) in [6, 6.07) is 11.9. The van der Waals surface area contributed by atoms with E-state index in [1.807, 2.05) is 36.4 Å². The van der Waals surface area contributed by atoms with Gasteiger partial charge in [0.25, 0.3) is 0 Å². The molecule has 3 rings (SSSR count). The molecule has 0 bridgehead atoms. The molecule has 6 heteroatoms. The highest BCUT2D eigenvalue weighted by Gasteiger charge is 2.19. The Bertz CT molecular complexity index is 685. The Morgan fingerprint density at radius 3 is 2.88 bits per heavy atom. The number of hydrogen-bond acceptors (Lipinski definition) is 6. The zero-order valence-corrected chi connectivity index (χ0v) is 15.3. The minimum absolute atomic E-state index is 0.745. The number of benzene rings is 1. The average Bonchev–Trinajstić information content (AvgIpc) is 2.71. The summed E-state index contributed by atoms with van der Waals surface area (Å²) in [4.78, 5) is 7.03. The van der Waals surface area contributed by atoms with Gasteiger partial charge < -0.3 is 14.5 Å². The van der Waals surface area contributed by atoms with Gasteiger partial charge in [0, 0.05) is 19.3 Å². The lowest BCUT2D eigenvalue weighted by molar-refractivity contribution is 0.215. The van der Waals surface area contributed by atoms with Crippen molar-refractivity contribution in [3.63, 3.8) is 0 Å². The SMILES string of the molecule is CO/N=C/c1cccc(OCCCC2CCN(c3cccnn3)CC2)c1. The Balaban J connectivity index is 1.35. The van der Waals surface area contributed by atoms with Crippen LogP contribution in [0.5, 0.6) is 5.75 Å². The molecule has 0 atom stereocenters. The molecule has 1 fully saturated rings. The van der Waals surface area contributed by atoms with Gasteiger partial charge in [0.2, 0.25) is 0 Å². The number of nitrogens with zero attached hydrogens (tertiary/aromatic N) is 4. The molecular formula is C20H26N4O2. The molecule has 0 spiro atoms. The topological polar surface area (TPSA) is 59.8 Å². The normalized spacial score (nSPS) is 15.3. The highest BCUT2D eigenvalue weighted by molar-refractivity contribution is 5.79. The number of piperidine rings is 1. The molecule has 1 saturated heterocycles. The predicted molar refractivity (Wildman–Crippen MR) is 103 cm³/mol. The fraction of sp³-hybridized carbons (Fsp3) is 0.450. The predicted octanol–water partition coefficient (Wildman–Crippen LogP) is 3.53. The maximum Gasteiger partial charge on any atom is 0.151 e. The van der Waals surface area contributed by atoms with Crippen LogP contribution in [-0.2, 0) is 4.84 Å². The Morgan fingerprint density at radius 2 is 2.12 bits per heavy atom. The zero-order chi connectivity index (χ0) is 18.0. The average molecular weight is 354 g/mol. The lowest BCUT2D eigenvalue weighted by Crippen LogP contribution is -2.34. The first-order chi connectivity index (χ1) is 12.8. The highest BCUT2D eigenvalue weighted by Crippen LogP contribution is 2.24. The molecule has 6 nitrogen and oxygen atoms in total. The van der Waals surface area contributed by atoms with Crippen molar-refractivity contribution in [3.8, 4) is 5.75 Å². The van der Waals surface area contributed by atoms with Crippen LogP contribution in [0.3, 0.4) is 0 Å². The van der Waals surface area contributed by atoms with E-state index in [4.69, 9.17) is 9.57 Å². The van der Waals surface area contributed by atoms with Crippen LogP contribution in [0.4, 0.5) is 5.82 Å². The third-order valence-electron chi connectivity index (χ3n) is 4.69. The summed E-state index contributed by atoms with van der Waals surface area (Å²) in [7, 11) is 1.54. The number of rotatable bonds is 8. The van der Waals surface area contributed by atoms with Gasteiger partial charge in [0.15, 0.2) is 5.82 Å². The quantitative estimate of drug-likeness (QED) is 0.412. The number of ether oxygens (including phenoxy) is 1. The fourth-order valence-corrected chi connectivity index (χ4v) is 3.27. The standard InChI is InChI=1S/C20H26N4O2/c1-25-22-16-18-5-2-7-19(15-18)26-14-4-6-17-9-12-24(13-10-17)20-8-3-11-21-23-20/h2-3,5,7-8,11,15-17H,4,6,9-10,12-14H2,1H3/b22-16+. The monoisotopic (exact) mass is 354 g/mol. The van der Waals surface area contributed by atoms with E-state index in [-0.39, 0.29) is 0 Å². The van der Waals surface area contributed by atoms with Crippen molar-refractivity contribution in [3.05, 3.63) is 48.2 Å². The number of hydrogen-bond donors (Lipinski definition) is 0. The van der Waals surface area contributed by atoms with Crippen molar-refractivity contribution < 1.29 is 9.57 Å². The van der Waals surface area contributed by atoms with Crippen LogP contribution in [0.1, 0.15) is 31.2 Å². The minimum Gasteiger partial charge on any atom is -0.494 e. The molecule has 2 aromatic rings. The molecule has 0 unspecified atom stereocenters. The second-order valence-corrected chi connectivity index (χ2v) is 6.49. The van der Waals surface area contributed by atoms with Crippen LogP contribution in [0.25, 0.3) is 0 Å². The third-order valence-corrected chi connectivity index (χ3v) is 4.69. The highest BCUT2D eigenvalue weighted by atomic mass is 16.6. The lowest BCUT2D eigenvalue weighted by Gasteiger charge is -2.32. The van der Waals surface area contributed by atoms with Crippen LogP contribution in [0.15, 0.2) is 47.8 Å². The zero-order valence-electron chi connectivity index (χ0n) is 15.3. The maximum atomic E-state index is 5.88. The Hall–Kier alpha value is -2.63. The smallest absolute Gasteiger partial charge is 0.151 e. The molecule has 1 aliphatic heterocycles. The molecule has 2 heterocycles. The van der Waals surface area contributed by atoms with Crippen LogP contribution in [-0.4, -0.2) is 43.2 Å². The van der Waals surface area contributed by atoms with Crippen LogP contribution < -0.4 is 9.64 Å². The van der Waals surface area contributed by atoms with E-state index < -0.39 is 0 Å². The first-order valence-corrected chi connectivity index (χ1v) is 9.17. The van der Waals surface area contributed by atoms with Gasteiger partial charge in [-0.1, -0.05) is 17.3 Å². The lowest BCUT2D eigenvalue weighted by atomic mass is 9.92. The summed E-state index contributed by atoms with van der Waals surface area (Å²) < 4.78 is 5.88. The summed E-state index contributed by atoms with van der Waals surface area (Å²) in [5.74, 6) is 2.64. The van der Waals surface area contributed by atoms with E-state index in [0.717, 1.165) is 49.2 Å². The van der Waals surface area contributed by atoms with E-state index in [9.17, 15) is 0 Å². The van der Waals surface area contributed by atoms with Gasteiger partial charge in [-0.05, 0) is 61.4 Å². The van der Waals surface area contributed by atoms with Crippen LogP contribution >= 0.6 is 0 Å². The third kappa shape index (κ3) is 5.44. The van der Waals surface area contributed by atoms with Gasteiger partial charge in [-0.25, -0.2) is 0 Å². The molecule has 1 aromatic carbocycles. The first kappa shape index (κ1) is 18.2. The molecular weight excluding hydrogens is 328 g/mol. The largest absolute Gasteiger partial charge is 0.494 e. The van der Waals surface area contributed by atoms with E-state index in [1.165, 1.54) is 26.4 Å². The van der Waals surface area contributed by atoms with Crippen molar-refractivity contribution in [1.82, 2.24) is 10.2 Å². The Labute approximate surface area is 154 Å². The first-order valence-electron chi connectivity index (χ1n) is 9.17. The molecule has 1 aromatic heterocycles. The van der Waals surface area contributed by atoms with Crippen molar-refractivity contribution >= 4 is 12.0 Å². The summed E-state index contributed by atoms with van der Waals surface area (Å²) in [6.45, 7) is 2.87. The van der Waals surface area contributed by atoms with Gasteiger partial charge in [-0.15, -0.1) is 5.10 Å². The van der Waals surface area contributed by atoms with Crippen LogP contribution in [0.2, 0.25) is 0 Å². The molecule has 0 amide bonds. The summed E-state index contributed by atoms with van der Waals surface area (Å²) in [6.07, 6.45) is 8.10. The number of anilines is 1. The summed E-state index contributed by atoms with van der Waals surface area (Å²) >= 11 is 0. The Kier molecular flexibility index (Phi) is 6.81. The van der Waals surface area contributed by atoms with E-state index >= 15 is 0 Å². The molecule has 0 N–H and O–H groups in total. The molecule has 0 saturated carbocycles. The van der Waals surface area contributed by atoms with Gasteiger partial charge in [-0.2, -0.15) is 5.10 Å². The van der Waals surface area contributed by atoms with Crippen molar-refractivity contribution in [2.24, 2.45) is 11.1 Å². The van der Waals surface area contributed by atoms with E-state index in [1.54, 1.807) is 12.4 Å². The molecule has 1 aliphatic rings. The molecule has 26 heavy (non-hydrogen) atoms. The minimum atomic E-state index is 0.745. The van der Waals surface area contributed by atoms with Gasteiger partial charge in [0.05, 0.1) is 12.8 Å². The second-order valence-electron chi connectivity index (χ2n) is 6.49. The van der Waals surface area contributed by atoms with Gasteiger partial charge in [-0.3, -0.25) is 0 Å². The van der Waals surface area contributed by atoms with E-state index in [2.05, 4.69) is 20.3 Å². The Morgan fingerprint density at radius 1 is 1.23 bits per heavy atom. The van der Waals surface area contributed by atoms with E-state index in [0.29, 0.717) is 0 Å². The van der Waals surface area contributed by atoms with Crippen molar-refractivity contribution in [2.45, 2.75) is 25.7 Å². The van der Waals surface area contributed by atoms with Gasteiger partial charge in [0.1, 0.15) is 12.9 Å². The second kappa shape index (κ2) is 9.75. The van der Waals surface area contributed by atoms with Gasteiger partial charge >= 0.3 is 0 Å². The fourth-order valence-electron chi connectivity index (χ4n) is 3.27. The summed E-state index contributed by atoms with van der Waals surface area (Å²) in [5, 5.41) is 11.9. The van der Waals surface area contributed by atoms with Crippen LogP contribution in [0, 0.1) is 5.92 Å². The molecule has 0 radical (unpaired) electrons. The molecule has 138 valence electrons.